The first kappa shape index (κ1) is 13.5. The molecule has 0 saturated heterocycles. The highest BCUT2D eigenvalue weighted by Crippen LogP contribution is 2.29. The van der Waals surface area contributed by atoms with Gasteiger partial charge in [-0.1, -0.05) is 23.2 Å². The van der Waals surface area contributed by atoms with Gasteiger partial charge in [-0.15, -0.1) is 11.3 Å². The molecular weight excluding hydrogens is 289 g/mol. The monoisotopic (exact) mass is 301 g/mol. The zero-order chi connectivity index (χ0) is 13.0. The summed E-state index contributed by atoms with van der Waals surface area (Å²) in [6, 6.07) is 9.45. The highest BCUT2D eigenvalue weighted by Gasteiger charge is 2.05. The van der Waals surface area contributed by atoms with Crippen molar-refractivity contribution in [2.24, 2.45) is 0 Å². The Morgan fingerprint density at radius 3 is 2.72 bits per heavy atom. The van der Waals surface area contributed by atoms with Crippen molar-refractivity contribution in [1.29, 1.82) is 0 Å². The summed E-state index contributed by atoms with van der Waals surface area (Å²) >= 11 is 13.4. The summed E-state index contributed by atoms with van der Waals surface area (Å²) in [7, 11) is 0. The lowest BCUT2D eigenvalue weighted by Crippen LogP contribution is -2.01. The molecule has 0 saturated carbocycles. The summed E-state index contributed by atoms with van der Waals surface area (Å²) in [5.74, 6) is 0.810. The van der Waals surface area contributed by atoms with Crippen LogP contribution in [0.3, 0.4) is 0 Å². The van der Waals surface area contributed by atoms with E-state index in [4.69, 9.17) is 27.9 Å². The molecule has 0 aliphatic rings. The van der Waals surface area contributed by atoms with Crippen LogP contribution in [-0.2, 0) is 6.54 Å². The lowest BCUT2D eigenvalue weighted by atomic mass is 10.3. The number of benzene rings is 1. The Hall–Kier alpha value is -0.900. The van der Waals surface area contributed by atoms with E-state index in [0.717, 1.165) is 15.8 Å². The van der Waals surface area contributed by atoms with Crippen LogP contribution < -0.4 is 10.1 Å². The van der Waals surface area contributed by atoms with Gasteiger partial charge in [-0.2, -0.15) is 0 Å². The van der Waals surface area contributed by atoms with E-state index >= 15 is 0 Å². The van der Waals surface area contributed by atoms with E-state index in [0.29, 0.717) is 18.2 Å². The average molecular weight is 302 g/mol. The number of rotatable bonds is 5. The molecule has 1 N–H and O–H groups in total. The number of hydrogen-bond donors (Lipinski definition) is 1. The molecule has 0 atom stereocenters. The van der Waals surface area contributed by atoms with Crippen LogP contribution in [0.1, 0.15) is 11.8 Å². The Bertz CT molecular complexity index is 527. The van der Waals surface area contributed by atoms with Gasteiger partial charge < -0.3 is 10.1 Å². The summed E-state index contributed by atoms with van der Waals surface area (Å²) in [6.07, 6.45) is 0. The van der Waals surface area contributed by atoms with Crippen LogP contribution in [-0.4, -0.2) is 6.61 Å². The number of nitrogens with one attached hydrogen (secondary N) is 1. The lowest BCUT2D eigenvalue weighted by molar-refractivity contribution is 0.341. The number of halogens is 2. The molecule has 18 heavy (non-hydrogen) atoms. The highest BCUT2D eigenvalue weighted by molar-refractivity contribution is 7.16. The molecule has 5 heteroatoms. The second-order valence-corrected chi connectivity index (χ2v) is 5.87. The van der Waals surface area contributed by atoms with Crippen molar-refractivity contribution in [2.45, 2.75) is 13.5 Å². The molecule has 1 aromatic carbocycles. The van der Waals surface area contributed by atoms with Gasteiger partial charge >= 0.3 is 0 Å². The number of anilines is 1. The Morgan fingerprint density at radius 2 is 2.06 bits per heavy atom. The van der Waals surface area contributed by atoms with Crippen molar-refractivity contribution in [2.75, 3.05) is 11.9 Å². The van der Waals surface area contributed by atoms with Crippen molar-refractivity contribution in [3.8, 4) is 5.75 Å². The molecule has 0 amide bonds. The first-order chi connectivity index (χ1) is 8.69. The van der Waals surface area contributed by atoms with Gasteiger partial charge in [0, 0.05) is 16.4 Å². The van der Waals surface area contributed by atoms with Gasteiger partial charge in [-0.3, -0.25) is 0 Å². The Labute approximate surface area is 120 Å². The second kappa shape index (κ2) is 6.32. The maximum absolute atomic E-state index is 5.99. The zero-order valence-electron chi connectivity index (χ0n) is 9.87. The minimum atomic E-state index is 0.626. The van der Waals surface area contributed by atoms with E-state index in [1.807, 2.05) is 37.3 Å². The number of thiophene rings is 1. The average Bonchev–Trinajstić information content (AvgIpc) is 2.76. The van der Waals surface area contributed by atoms with Crippen LogP contribution in [0.2, 0.25) is 9.36 Å². The minimum absolute atomic E-state index is 0.626. The molecule has 0 spiro atoms. The molecule has 0 aliphatic carbocycles. The van der Waals surface area contributed by atoms with Crippen molar-refractivity contribution in [3.05, 3.63) is 44.6 Å². The molecule has 1 aromatic heterocycles. The van der Waals surface area contributed by atoms with Crippen LogP contribution in [0.4, 0.5) is 5.69 Å². The molecular formula is C13H13Cl2NOS. The van der Waals surface area contributed by atoms with Crippen LogP contribution in [0.5, 0.6) is 5.75 Å². The molecule has 1 heterocycles. The van der Waals surface area contributed by atoms with E-state index in [1.54, 1.807) is 11.3 Å². The minimum Gasteiger partial charge on any atom is -0.492 e. The summed E-state index contributed by atoms with van der Waals surface area (Å²) in [5, 5.41) is 4.00. The SMILES string of the molecule is CCOc1ccc(Cl)cc1NCc1ccc(Cl)s1. The van der Waals surface area contributed by atoms with Gasteiger partial charge in [0.2, 0.25) is 0 Å². The van der Waals surface area contributed by atoms with Gasteiger partial charge in [0.25, 0.3) is 0 Å². The third-order valence-corrected chi connectivity index (χ3v) is 3.79. The first-order valence-corrected chi connectivity index (χ1v) is 7.16. The predicted octanol–water partition coefficient (Wildman–Crippen LogP) is 5.07. The standard InChI is InChI=1S/C13H13Cl2NOS/c1-2-17-12-5-3-9(14)7-11(12)16-8-10-4-6-13(15)18-10/h3-7,16H,2,8H2,1H3. The maximum Gasteiger partial charge on any atom is 0.142 e. The van der Waals surface area contributed by atoms with Crippen LogP contribution >= 0.6 is 34.5 Å². The van der Waals surface area contributed by atoms with E-state index in [-0.39, 0.29) is 0 Å². The highest BCUT2D eigenvalue weighted by atomic mass is 35.5. The molecule has 0 radical (unpaired) electrons. The molecule has 0 unspecified atom stereocenters. The van der Waals surface area contributed by atoms with Gasteiger partial charge in [0.1, 0.15) is 5.75 Å². The van der Waals surface area contributed by atoms with Crippen molar-refractivity contribution in [1.82, 2.24) is 0 Å². The van der Waals surface area contributed by atoms with Crippen LogP contribution in [0.25, 0.3) is 0 Å². The van der Waals surface area contributed by atoms with Gasteiger partial charge in [0.05, 0.1) is 16.6 Å². The largest absolute Gasteiger partial charge is 0.492 e. The summed E-state index contributed by atoms with van der Waals surface area (Å²) < 4.78 is 6.34. The van der Waals surface area contributed by atoms with Gasteiger partial charge in [-0.05, 0) is 37.3 Å². The quantitative estimate of drug-likeness (QED) is 0.833. The van der Waals surface area contributed by atoms with Crippen molar-refractivity contribution < 1.29 is 4.74 Å². The molecule has 2 rings (SSSR count). The van der Waals surface area contributed by atoms with Crippen molar-refractivity contribution in [3.63, 3.8) is 0 Å². The number of hydrogen-bond acceptors (Lipinski definition) is 3. The van der Waals surface area contributed by atoms with Crippen molar-refractivity contribution >= 4 is 40.2 Å². The second-order valence-electron chi connectivity index (χ2n) is 3.63. The van der Waals surface area contributed by atoms with E-state index in [1.165, 1.54) is 4.88 Å². The molecule has 2 aromatic rings. The Balaban J connectivity index is 2.09. The normalized spacial score (nSPS) is 10.4. The Morgan fingerprint density at radius 1 is 1.22 bits per heavy atom. The summed E-state index contributed by atoms with van der Waals surface area (Å²) in [4.78, 5) is 1.17. The van der Waals surface area contributed by atoms with Gasteiger partial charge in [0.15, 0.2) is 0 Å². The van der Waals surface area contributed by atoms with Crippen LogP contribution in [0.15, 0.2) is 30.3 Å². The Kier molecular flexibility index (Phi) is 4.75. The van der Waals surface area contributed by atoms with E-state index < -0.39 is 0 Å². The smallest absolute Gasteiger partial charge is 0.142 e. The van der Waals surface area contributed by atoms with Crippen LogP contribution in [0, 0.1) is 0 Å². The third-order valence-electron chi connectivity index (χ3n) is 2.32. The molecule has 0 aliphatic heterocycles. The molecule has 2 nitrogen and oxygen atoms in total. The van der Waals surface area contributed by atoms with E-state index in [9.17, 15) is 0 Å². The van der Waals surface area contributed by atoms with E-state index in [2.05, 4.69) is 5.32 Å². The topological polar surface area (TPSA) is 21.3 Å². The maximum atomic E-state index is 5.99. The number of ether oxygens (including phenoxy) is 1. The molecule has 0 fully saturated rings. The fourth-order valence-corrected chi connectivity index (χ4v) is 2.75. The fourth-order valence-electron chi connectivity index (χ4n) is 1.55. The lowest BCUT2D eigenvalue weighted by Gasteiger charge is -2.12. The summed E-state index contributed by atoms with van der Waals surface area (Å²) in [6.45, 7) is 3.29. The zero-order valence-corrected chi connectivity index (χ0v) is 12.2. The van der Waals surface area contributed by atoms with Gasteiger partial charge in [-0.25, -0.2) is 0 Å². The first-order valence-electron chi connectivity index (χ1n) is 5.59. The predicted molar refractivity (Wildman–Crippen MR) is 79.3 cm³/mol. The molecule has 0 bridgehead atoms. The molecule has 96 valence electrons. The third kappa shape index (κ3) is 3.55. The fraction of sp³-hybridized carbons (Fsp3) is 0.231. The summed E-state index contributed by atoms with van der Waals surface area (Å²) in [5.41, 5.74) is 0.897.